The first kappa shape index (κ1) is 18.2. The molecule has 0 aliphatic rings. The molecule has 9 heteroatoms. The molecule has 0 unspecified atom stereocenters. The first-order valence-corrected chi connectivity index (χ1v) is 7.29. The van der Waals surface area contributed by atoms with E-state index in [2.05, 4.69) is 5.32 Å². The molecule has 1 N–H and O–H groups in total. The average Bonchev–Trinajstić information content (AvgIpc) is 2.53. The van der Waals surface area contributed by atoms with Crippen molar-refractivity contribution >= 4 is 46.2 Å². The lowest BCUT2D eigenvalue weighted by molar-refractivity contribution is -0.137. The van der Waals surface area contributed by atoms with Gasteiger partial charge in [0, 0.05) is 5.69 Å². The van der Waals surface area contributed by atoms with E-state index in [-0.39, 0.29) is 37.6 Å². The molecular weight excluding hydrogens is 386 g/mol. The van der Waals surface area contributed by atoms with Gasteiger partial charge in [0.2, 0.25) is 0 Å². The fourth-order valence-corrected chi connectivity index (χ4v) is 2.66. The van der Waals surface area contributed by atoms with Gasteiger partial charge < -0.3 is 5.32 Å². The zero-order chi connectivity index (χ0) is 18.1. The van der Waals surface area contributed by atoms with Crippen LogP contribution < -0.4 is 5.32 Å². The van der Waals surface area contributed by atoms with Crippen LogP contribution in [0.3, 0.4) is 0 Å². The van der Waals surface area contributed by atoms with Gasteiger partial charge in [0.1, 0.15) is 12.1 Å². The second-order valence-corrected chi connectivity index (χ2v) is 5.62. The van der Waals surface area contributed by atoms with Crippen molar-refractivity contribution in [1.82, 2.24) is 0 Å². The minimum atomic E-state index is -4.46. The number of halogens is 6. The van der Waals surface area contributed by atoms with Crippen molar-refractivity contribution in [3.8, 4) is 12.1 Å². The van der Waals surface area contributed by atoms with Gasteiger partial charge in [0.25, 0.3) is 0 Å². The average molecular weight is 391 g/mol. The standard InChI is InChI=1S/C15H5Cl3F3N3/c16-11-9(5-22)12(17)13(18)14(10(11)6-23)24-8-3-1-7(2-4-8)15(19,20)21/h1-4,24H. The Hall–Kier alpha value is -2.12. The number of anilines is 2. The summed E-state index contributed by atoms with van der Waals surface area (Å²) < 4.78 is 37.7. The van der Waals surface area contributed by atoms with Crippen molar-refractivity contribution in [3.05, 3.63) is 56.0 Å². The van der Waals surface area contributed by atoms with Gasteiger partial charge in [-0.25, -0.2) is 0 Å². The summed E-state index contributed by atoms with van der Waals surface area (Å²) in [5.74, 6) is 0. The molecule has 0 heterocycles. The Morgan fingerprint density at radius 2 is 1.38 bits per heavy atom. The largest absolute Gasteiger partial charge is 0.416 e. The Balaban J connectivity index is 2.51. The van der Waals surface area contributed by atoms with Crippen LogP contribution in [0.25, 0.3) is 0 Å². The maximum atomic E-state index is 12.6. The molecule has 0 bridgehead atoms. The molecule has 0 saturated heterocycles. The van der Waals surface area contributed by atoms with Crippen molar-refractivity contribution in [2.24, 2.45) is 0 Å². The highest BCUT2D eigenvalue weighted by Crippen LogP contribution is 2.42. The number of nitriles is 2. The molecule has 2 aromatic rings. The number of hydrogen-bond acceptors (Lipinski definition) is 3. The topological polar surface area (TPSA) is 59.6 Å². The van der Waals surface area contributed by atoms with E-state index in [9.17, 15) is 18.4 Å². The summed E-state index contributed by atoms with van der Waals surface area (Å²) in [5.41, 5.74) is -0.873. The number of rotatable bonds is 2. The van der Waals surface area contributed by atoms with E-state index in [0.29, 0.717) is 0 Å². The molecule has 0 spiro atoms. The van der Waals surface area contributed by atoms with Crippen LogP contribution in [0.4, 0.5) is 24.5 Å². The van der Waals surface area contributed by atoms with Gasteiger partial charge >= 0.3 is 6.18 Å². The minimum absolute atomic E-state index is 0.00734. The second-order valence-electron chi connectivity index (χ2n) is 4.49. The highest BCUT2D eigenvalue weighted by atomic mass is 35.5. The Kier molecular flexibility index (Phi) is 5.15. The molecule has 0 radical (unpaired) electrons. The van der Waals surface area contributed by atoms with Crippen LogP contribution in [0.1, 0.15) is 16.7 Å². The predicted octanol–water partition coefficient (Wildman–Crippen LogP) is 6.15. The van der Waals surface area contributed by atoms with Gasteiger partial charge in [0.05, 0.1) is 37.4 Å². The summed E-state index contributed by atoms with van der Waals surface area (Å²) in [6.07, 6.45) is -4.46. The van der Waals surface area contributed by atoms with Crippen LogP contribution in [0.5, 0.6) is 0 Å². The lowest BCUT2D eigenvalue weighted by Gasteiger charge is -2.15. The fraction of sp³-hybridized carbons (Fsp3) is 0.0667. The molecular formula is C15H5Cl3F3N3. The summed E-state index contributed by atoms with van der Waals surface area (Å²) >= 11 is 18.0. The monoisotopic (exact) mass is 389 g/mol. The molecule has 24 heavy (non-hydrogen) atoms. The van der Waals surface area contributed by atoms with Crippen molar-refractivity contribution in [3.63, 3.8) is 0 Å². The third-order valence-electron chi connectivity index (χ3n) is 3.03. The van der Waals surface area contributed by atoms with E-state index in [0.717, 1.165) is 12.1 Å². The van der Waals surface area contributed by atoms with Crippen LogP contribution in [-0.2, 0) is 6.18 Å². The Morgan fingerprint density at radius 1 is 0.833 bits per heavy atom. The summed E-state index contributed by atoms with van der Waals surface area (Å²) in [6, 6.07) is 7.61. The molecule has 0 aliphatic carbocycles. The second kappa shape index (κ2) is 6.78. The lowest BCUT2D eigenvalue weighted by atomic mass is 10.1. The van der Waals surface area contributed by atoms with Crippen molar-refractivity contribution in [2.45, 2.75) is 6.18 Å². The highest BCUT2D eigenvalue weighted by Gasteiger charge is 2.30. The number of hydrogen-bond donors (Lipinski definition) is 1. The number of nitrogens with zero attached hydrogens (tertiary/aromatic N) is 2. The summed E-state index contributed by atoms with van der Waals surface area (Å²) in [7, 11) is 0. The molecule has 0 fully saturated rings. The first-order valence-electron chi connectivity index (χ1n) is 6.15. The van der Waals surface area contributed by atoms with E-state index >= 15 is 0 Å². The quantitative estimate of drug-likeness (QED) is 0.625. The Bertz CT molecular complexity index is 879. The van der Waals surface area contributed by atoms with E-state index in [1.165, 1.54) is 12.1 Å². The maximum absolute atomic E-state index is 12.6. The maximum Gasteiger partial charge on any atom is 0.416 e. The molecule has 2 rings (SSSR count). The Labute approximate surface area is 149 Å². The van der Waals surface area contributed by atoms with Crippen LogP contribution >= 0.6 is 34.8 Å². The van der Waals surface area contributed by atoms with Crippen LogP contribution in [0.15, 0.2) is 24.3 Å². The SMILES string of the molecule is N#Cc1c(Cl)c(Cl)c(Nc2ccc(C(F)(F)F)cc2)c(C#N)c1Cl. The van der Waals surface area contributed by atoms with Crippen molar-refractivity contribution in [2.75, 3.05) is 5.32 Å². The third kappa shape index (κ3) is 3.37. The molecule has 0 amide bonds. The normalized spacial score (nSPS) is 10.8. The molecule has 122 valence electrons. The van der Waals surface area contributed by atoms with Crippen LogP contribution in [0.2, 0.25) is 15.1 Å². The predicted molar refractivity (Wildman–Crippen MR) is 85.6 cm³/mol. The van der Waals surface area contributed by atoms with Gasteiger partial charge in [0.15, 0.2) is 0 Å². The third-order valence-corrected chi connectivity index (χ3v) is 4.26. The minimum Gasteiger partial charge on any atom is -0.353 e. The lowest BCUT2D eigenvalue weighted by Crippen LogP contribution is -2.05. The summed E-state index contributed by atoms with van der Waals surface area (Å²) in [5, 5.41) is 20.5. The number of alkyl halides is 3. The molecule has 0 atom stereocenters. The van der Waals surface area contributed by atoms with Crippen molar-refractivity contribution < 1.29 is 13.2 Å². The zero-order valence-electron chi connectivity index (χ0n) is 11.5. The van der Waals surface area contributed by atoms with Gasteiger partial charge in [-0.05, 0) is 24.3 Å². The van der Waals surface area contributed by atoms with E-state index in [1.807, 2.05) is 0 Å². The van der Waals surface area contributed by atoms with E-state index < -0.39 is 11.7 Å². The molecule has 0 saturated carbocycles. The smallest absolute Gasteiger partial charge is 0.353 e. The van der Waals surface area contributed by atoms with Crippen molar-refractivity contribution in [1.29, 1.82) is 10.5 Å². The highest BCUT2D eigenvalue weighted by molar-refractivity contribution is 6.46. The van der Waals surface area contributed by atoms with Crippen LogP contribution in [-0.4, -0.2) is 0 Å². The van der Waals surface area contributed by atoms with Gasteiger partial charge in [-0.3, -0.25) is 0 Å². The summed E-state index contributed by atoms with van der Waals surface area (Å²) in [6.45, 7) is 0. The molecule has 0 aliphatic heterocycles. The molecule has 0 aromatic heterocycles. The summed E-state index contributed by atoms with van der Waals surface area (Å²) in [4.78, 5) is 0. The number of nitrogens with one attached hydrogen (secondary N) is 1. The molecule has 2 aromatic carbocycles. The van der Waals surface area contributed by atoms with Gasteiger partial charge in [-0.15, -0.1) is 0 Å². The first-order chi connectivity index (χ1) is 11.2. The zero-order valence-corrected chi connectivity index (χ0v) is 13.7. The van der Waals surface area contributed by atoms with E-state index in [4.69, 9.17) is 40.1 Å². The molecule has 3 nitrogen and oxygen atoms in total. The van der Waals surface area contributed by atoms with Gasteiger partial charge in [-0.2, -0.15) is 23.7 Å². The Morgan fingerprint density at radius 3 is 1.83 bits per heavy atom. The number of benzene rings is 2. The van der Waals surface area contributed by atoms with E-state index in [1.54, 1.807) is 12.1 Å². The van der Waals surface area contributed by atoms with Gasteiger partial charge in [-0.1, -0.05) is 34.8 Å². The fourth-order valence-electron chi connectivity index (χ4n) is 1.87. The van der Waals surface area contributed by atoms with Crippen LogP contribution in [0, 0.1) is 22.7 Å².